The number of anilines is 1. The fourth-order valence-corrected chi connectivity index (χ4v) is 2.63. The van der Waals surface area contributed by atoms with Gasteiger partial charge in [0.25, 0.3) is 0 Å². The number of pyridine rings is 1. The summed E-state index contributed by atoms with van der Waals surface area (Å²) in [5, 5.41) is 6.94. The van der Waals surface area contributed by atoms with E-state index in [1.807, 2.05) is 34.3 Å². The maximum atomic E-state index is 11.9. The van der Waals surface area contributed by atoms with E-state index in [1.165, 1.54) is 5.56 Å². The van der Waals surface area contributed by atoms with E-state index < -0.39 is 0 Å². The average Bonchev–Trinajstić information content (AvgIpc) is 3.19. The summed E-state index contributed by atoms with van der Waals surface area (Å²) in [4.78, 5) is 20.1. The van der Waals surface area contributed by atoms with Crippen LogP contribution in [0.25, 0.3) is 5.82 Å². The van der Waals surface area contributed by atoms with E-state index in [2.05, 4.69) is 20.7 Å². The van der Waals surface area contributed by atoms with Crippen molar-refractivity contribution in [2.45, 2.75) is 12.8 Å². The number of carbonyl (C=O) groups excluding carboxylic acids is 1. The summed E-state index contributed by atoms with van der Waals surface area (Å²) in [5.74, 6) is 0.766. The molecule has 3 rings (SSSR count). The zero-order valence-electron chi connectivity index (χ0n) is 11.3. The Morgan fingerprint density at radius 1 is 1.33 bits per heavy atom. The van der Waals surface area contributed by atoms with Crippen LogP contribution in [-0.4, -0.2) is 20.4 Å². The maximum Gasteiger partial charge on any atom is 0.224 e. The largest absolute Gasteiger partial charge is 0.325 e. The zero-order chi connectivity index (χ0) is 14.5. The Morgan fingerprint density at radius 2 is 2.29 bits per heavy atom. The Balaban J connectivity index is 1.56. The van der Waals surface area contributed by atoms with Gasteiger partial charge in [-0.05, 0) is 40.9 Å². The molecule has 1 N–H and O–H groups in total. The van der Waals surface area contributed by atoms with E-state index in [0.717, 1.165) is 12.2 Å². The number of aromatic nitrogens is 3. The Labute approximate surface area is 126 Å². The van der Waals surface area contributed by atoms with Crippen LogP contribution in [0.3, 0.4) is 0 Å². The SMILES string of the molecule is O=C(CCc1ccsc1)Nc1ccc(-n2ccnc2)nc1. The number of rotatable bonds is 5. The van der Waals surface area contributed by atoms with Gasteiger partial charge in [-0.25, -0.2) is 9.97 Å². The van der Waals surface area contributed by atoms with Gasteiger partial charge in [0.15, 0.2) is 0 Å². The number of amides is 1. The summed E-state index contributed by atoms with van der Waals surface area (Å²) in [6, 6.07) is 5.72. The third-order valence-electron chi connectivity index (χ3n) is 3.02. The summed E-state index contributed by atoms with van der Waals surface area (Å²) < 4.78 is 1.81. The normalized spacial score (nSPS) is 10.5. The van der Waals surface area contributed by atoms with Crippen LogP contribution < -0.4 is 5.32 Å². The second-order valence-electron chi connectivity index (χ2n) is 4.55. The summed E-state index contributed by atoms with van der Waals surface area (Å²) in [6.07, 6.45) is 8.08. The van der Waals surface area contributed by atoms with Gasteiger partial charge in [0, 0.05) is 18.8 Å². The smallest absolute Gasteiger partial charge is 0.224 e. The minimum absolute atomic E-state index is 0.00150. The van der Waals surface area contributed by atoms with Crippen LogP contribution in [0.2, 0.25) is 0 Å². The number of carbonyl (C=O) groups is 1. The molecular formula is C15H14N4OS. The van der Waals surface area contributed by atoms with Crippen molar-refractivity contribution in [3.05, 3.63) is 59.4 Å². The summed E-state index contributed by atoms with van der Waals surface area (Å²) >= 11 is 1.65. The molecule has 0 saturated heterocycles. The zero-order valence-corrected chi connectivity index (χ0v) is 12.1. The molecule has 21 heavy (non-hydrogen) atoms. The average molecular weight is 298 g/mol. The third-order valence-corrected chi connectivity index (χ3v) is 3.75. The van der Waals surface area contributed by atoms with E-state index in [0.29, 0.717) is 12.1 Å². The molecule has 0 radical (unpaired) electrons. The van der Waals surface area contributed by atoms with Gasteiger partial charge in [-0.3, -0.25) is 9.36 Å². The molecule has 0 aromatic carbocycles. The molecule has 0 bridgehead atoms. The van der Waals surface area contributed by atoms with E-state index in [-0.39, 0.29) is 5.91 Å². The van der Waals surface area contributed by atoms with Crippen LogP contribution in [0.4, 0.5) is 5.69 Å². The van der Waals surface area contributed by atoms with Gasteiger partial charge in [-0.2, -0.15) is 11.3 Å². The van der Waals surface area contributed by atoms with Gasteiger partial charge in [-0.1, -0.05) is 0 Å². The fraction of sp³-hybridized carbons (Fsp3) is 0.133. The van der Waals surface area contributed by atoms with Gasteiger partial charge in [0.05, 0.1) is 11.9 Å². The molecule has 0 aliphatic carbocycles. The lowest BCUT2D eigenvalue weighted by Crippen LogP contribution is -2.12. The molecule has 0 saturated carbocycles. The molecule has 0 atom stereocenters. The third kappa shape index (κ3) is 3.55. The van der Waals surface area contributed by atoms with Crippen LogP contribution in [0.15, 0.2) is 53.9 Å². The molecule has 0 aliphatic heterocycles. The van der Waals surface area contributed by atoms with Gasteiger partial charge >= 0.3 is 0 Å². The summed E-state index contributed by atoms with van der Waals surface area (Å²) in [6.45, 7) is 0. The van der Waals surface area contributed by atoms with E-state index in [1.54, 1.807) is 30.1 Å². The minimum Gasteiger partial charge on any atom is -0.325 e. The highest BCUT2D eigenvalue weighted by Crippen LogP contribution is 2.12. The fourth-order valence-electron chi connectivity index (χ4n) is 1.92. The summed E-state index contributed by atoms with van der Waals surface area (Å²) in [5.41, 5.74) is 1.90. The van der Waals surface area contributed by atoms with Crippen molar-refractivity contribution in [2.75, 3.05) is 5.32 Å². The molecule has 0 aliphatic rings. The predicted molar refractivity (Wildman–Crippen MR) is 82.6 cm³/mol. The number of imidazole rings is 1. The topological polar surface area (TPSA) is 59.8 Å². The standard InChI is InChI=1S/C15H14N4OS/c20-15(4-1-12-5-8-21-10-12)18-13-2-3-14(17-9-13)19-7-6-16-11-19/h2-3,5-11H,1,4H2,(H,18,20). The predicted octanol–water partition coefficient (Wildman–Crippen LogP) is 2.90. The Morgan fingerprint density at radius 3 is 2.95 bits per heavy atom. The van der Waals surface area contributed by atoms with Crippen molar-refractivity contribution in [3.8, 4) is 5.82 Å². The molecule has 0 unspecified atom stereocenters. The highest BCUT2D eigenvalue weighted by Gasteiger charge is 2.04. The molecule has 106 valence electrons. The van der Waals surface area contributed by atoms with E-state index >= 15 is 0 Å². The first-order chi connectivity index (χ1) is 10.3. The molecule has 0 spiro atoms. The molecule has 5 nitrogen and oxygen atoms in total. The lowest BCUT2D eigenvalue weighted by atomic mass is 10.2. The van der Waals surface area contributed by atoms with Crippen LogP contribution in [0, 0.1) is 0 Å². The molecule has 3 aromatic heterocycles. The molecular weight excluding hydrogens is 284 g/mol. The van der Waals surface area contributed by atoms with Crippen LogP contribution in [0.1, 0.15) is 12.0 Å². The van der Waals surface area contributed by atoms with Gasteiger partial charge in [0.1, 0.15) is 12.1 Å². The van der Waals surface area contributed by atoms with E-state index in [4.69, 9.17) is 0 Å². The first kappa shape index (κ1) is 13.5. The Hall–Kier alpha value is -2.47. The van der Waals surface area contributed by atoms with Crippen molar-refractivity contribution in [2.24, 2.45) is 0 Å². The first-order valence-electron chi connectivity index (χ1n) is 6.56. The second kappa shape index (κ2) is 6.32. The molecule has 1 amide bonds. The Kier molecular flexibility index (Phi) is 4.07. The Bertz CT molecular complexity index is 690. The minimum atomic E-state index is -0.00150. The van der Waals surface area contributed by atoms with E-state index in [9.17, 15) is 4.79 Å². The van der Waals surface area contributed by atoms with Crippen molar-refractivity contribution in [1.29, 1.82) is 0 Å². The van der Waals surface area contributed by atoms with Crippen LogP contribution in [0.5, 0.6) is 0 Å². The molecule has 0 fully saturated rings. The number of nitrogens with one attached hydrogen (secondary N) is 1. The highest BCUT2D eigenvalue weighted by atomic mass is 32.1. The maximum absolute atomic E-state index is 11.9. The monoisotopic (exact) mass is 298 g/mol. The molecule has 6 heteroatoms. The molecule has 3 aromatic rings. The quantitative estimate of drug-likeness (QED) is 0.788. The number of thiophene rings is 1. The lowest BCUT2D eigenvalue weighted by molar-refractivity contribution is -0.116. The van der Waals surface area contributed by atoms with Crippen molar-refractivity contribution in [1.82, 2.24) is 14.5 Å². The highest BCUT2D eigenvalue weighted by molar-refractivity contribution is 7.07. The van der Waals surface area contributed by atoms with Crippen LogP contribution >= 0.6 is 11.3 Å². The molecule has 3 heterocycles. The van der Waals surface area contributed by atoms with Crippen molar-refractivity contribution in [3.63, 3.8) is 0 Å². The number of nitrogens with zero attached hydrogens (tertiary/aromatic N) is 3. The van der Waals surface area contributed by atoms with Gasteiger partial charge < -0.3 is 5.32 Å². The number of hydrogen-bond donors (Lipinski definition) is 1. The van der Waals surface area contributed by atoms with Crippen molar-refractivity contribution >= 4 is 22.9 Å². The second-order valence-corrected chi connectivity index (χ2v) is 5.33. The number of hydrogen-bond acceptors (Lipinski definition) is 4. The summed E-state index contributed by atoms with van der Waals surface area (Å²) in [7, 11) is 0. The van der Waals surface area contributed by atoms with Crippen molar-refractivity contribution < 1.29 is 4.79 Å². The number of aryl methyl sites for hydroxylation is 1. The van der Waals surface area contributed by atoms with Crippen LogP contribution in [-0.2, 0) is 11.2 Å². The lowest BCUT2D eigenvalue weighted by Gasteiger charge is -2.06. The first-order valence-corrected chi connectivity index (χ1v) is 7.51. The van der Waals surface area contributed by atoms with Gasteiger partial charge in [-0.15, -0.1) is 0 Å². The van der Waals surface area contributed by atoms with Gasteiger partial charge in [0.2, 0.25) is 5.91 Å².